The van der Waals surface area contributed by atoms with Crippen molar-refractivity contribution in [2.75, 3.05) is 13.1 Å². The summed E-state index contributed by atoms with van der Waals surface area (Å²) in [7, 11) is 1.92. The van der Waals surface area contributed by atoms with Gasteiger partial charge >= 0.3 is 5.97 Å². The summed E-state index contributed by atoms with van der Waals surface area (Å²) in [6.07, 6.45) is 1.06. The van der Waals surface area contributed by atoms with Crippen LogP contribution in [0, 0.1) is 0 Å². The van der Waals surface area contributed by atoms with E-state index in [0.717, 1.165) is 28.8 Å². The average Bonchev–Trinajstić information content (AvgIpc) is 2.60. The zero-order valence-corrected chi connectivity index (χ0v) is 12.7. The molecule has 0 spiro atoms. The van der Waals surface area contributed by atoms with Crippen molar-refractivity contribution >= 4 is 21.9 Å². The third-order valence-electron chi connectivity index (χ3n) is 2.97. The van der Waals surface area contributed by atoms with Crippen LogP contribution in [0.25, 0.3) is 0 Å². The lowest BCUT2D eigenvalue weighted by atomic mass is 10.3. The molecule has 0 saturated heterocycles. The highest BCUT2D eigenvalue weighted by atomic mass is 79.9. The summed E-state index contributed by atoms with van der Waals surface area (Å²) in [5.41, 5.74) is 2.14. The number of aryl methyl sites for hydroxylation is 2. The second-order valence-corrected chi connectivity index (χ2v) is 4.99. The van der Waals surface area contributed by atoms with Crippen LogP contribution < -0.4 is 0 Å². The van der Waals surface area contributed by atoms with Gasteiger partial charge in [-0.2, -0.15) is 5.10 Å². The van der Waals surface area contributed by atoms with E-state index in [1.54, 1.807) is 0 Å². The average molecular weight is 318 g/mol. The van der Waals surface area contributed by atoms with Gasteiger partial charge in [-0.1, -0.05) is 13.8 Å². The van der Waals surface area contributed by atoms with E-state index >= 15 is 0 Å². The van der Waals surface area contributed by atoms with Crippen LogP contribution in [-0.4, -0.2) is 38.8 Å². The molecule has 0 radical (unpaired) electrons. The second kappa shape index (κ2) is 6.89. The molecule has 0 bridgehead atoms. The van der Waals surface area contributed by atoms with Gasteiger partial charge in [0, 0.05) is 20.1 Å². The van der Waals surface area contributed by atoms with Crippen molar-refractivity contribution in [2.24, 2.45) is 7.05 Å². The Balaban J connectivity index is 2.75. The minimum absolute atomic E-state index is 0.171. The van der Waals surface area contributed by atoms with E-state index in [1.165, 1.54) is 0 Å². The molecule has 0 aliphatic heterocycles. The van der Waals surface area contributed by atoms with Crippen molar-refractivity contribution in [3.63, 3.8) is 0 Å². The number of carbonyl (C=O) groups is 1. The Morgan fingerprint density at radius 2 is 2.17 bits per heavy atom. The molecule has 0 aromatic carbocycles. The lowest BCUT2D eigenvalue weighted by molar-refractivity contribution is -0.137. The first-order chi connectivity index (χ1) is 8.49. The Morgan fingerprint density at radius 3 is 2.61 bits per heavy atom. The summed E-state index contributed by atoms with van der Waals surface area (Å²) in [5.74, 6) is -0.758. The number of hydrogen-bond donors (Lipinski definition) is 1. The molecule has 0 atom stereocenters. The lowest BCUT2D eigenvalue weighted by Gasteiger charge is -2.19. The number of halogens is 1. The summed E-state index contributed by atoms with van der Waals surface area (Å²) < 4.78 is 2.91. The Bertz CT molecular complexity index is 418. The minimum Gasteiger partial charge on any atom is -0.481 e. The number of carboxylic acids is 1. The van der Waals surface area contributed by atoms with Crippen LogP contribution in [0.5, 0.6) is 0 Å². The summed E-state index contributed by atoms with van der Waals surface area (Å²) in [6, 6.07) is 0. The molecule has 0 aliphatic carbocycles. The Kier molecular flexibility index (Phi) is 5.81. The molecule has 1 rings (SSSR count). The molecule has 0 amide bonds. The minimum atomic E-state index is -0.758. The number of hydrogen-bond acceptors (Lipinski definition) is 3. The molecule has 0 saturated carbocycles. The molecular formula is C12H20BrN3O2. The molecule has 1 heterocycles. The quantitative estimate of drug-likeness (QED) is 0.836. The molecule has 6 heteroatoms. The highest BCUT2D eigenvalue weighted by molar-refractivity contribution is 9.10. The first-order valence-electron chi connectivity index (χ1n) is 6.13. The van der Waals surface area contributed by atoms with Gasteiger partial charge in [0.25, 0.3) is 0 Å². The highest BCUT2D eigenvalue weighted by Gasteiger charge is 2.15. The van der Waals surface area contributed by atoms with Gasteiger partial charge in [-0.3, -0.25) is 14.4 Å². The normalized spacial score (nSPS) is 11.2. The monoisotopic (exact) mass is 317 g/mol. The van der Waals surface area contributed by atoms with Crippen LogP contribution in [0.3, 0.4) is 0 Å². The lowest BCUT2D eigenvalue weighted by Crippen LogP contribution is -2.27. The SMILES string of the molecule is CCc1nn(C)c(CN(CC)CCC(=O)O)c1Br. The maximum absolute atomic E-state index is 10.6. The highest BCUT2D eigenvalue weighted by Crippen LogP contribution is 2.22. The van der Waals surface area contributed by atoms with Gasteiger partial charge in [0.05, 0.1) is 22.3 Å². The van der Waals surface area contributed by atoms with Crippen LogP contribution in [0.4, 0.5) is 0 Å². The van der Waals surface area contributed by atoms with Gasteiger partial charge in [0.1, 0.15) is 0 Å². The van der Waals surface area contributed by atoms with Crippen molar-refractivity contribution in [2.45, 2.75) is 33.2 Å². The Morgan fingerprint density at radius 1 is 1.50 bits per heavy atom. The number of carboxylic acid groups (broad SMARTS) is 1. The standard InChI is InChI=1S/C12H20BrN3O2/c1-4-9-12(13)10(15(3)14-9)8-16(5-2)7-6-11(17)18/h4-8H2,1-3H3,(H,17,18). The van der Waals surface area contributed by atoms with E-state index in [9.17, 15) is 4.79 Å². The third-order valence-corrected chi connectivity index (χ3v) is 3.88. The fraction of sp³-hybridized carbons (Fsp3) is 0.667. The number of aliphatic carboxylic acids is 1. The Labute approximate surface area is 116 Å². The van der Waals surface area contributed by atoms with Gasteiger partial charge in [0.2, 0.25) is 0 Å². The molecule has 1 aromatic heterocycles. The Hall–Kier alpha value is -0.880. The molecule has 18 heavy (non-hydrogen) atoms. The van der Waals surface area contributed by atoms with E-state index in [2.05, 4.69) is 32.9 Å². The summed E-state index contributed by atoms with van der Waals surface area (Å²) in [6.45, 7) is 6.21. The predicted octanol–water partition coefficient (Wildman–Crippen LogP) is 2.04. The zero-order chi connectivity index (χ0) is 13.7. The smallest absolute Gasteiger partial charge is 0.304 e. The number of rotatable bonds is 7. The predicted molar refractivity (Wildman–Crippen MR) is 73.5 cm³/mol. The molecule has 0 fully saturated rings. The summed E-state index contributed by atoms with van der Waals surface area (Å²) in [4.78, 5) is 12.7. The van der Waals surface area contributed by atoms with Crippen molar-refractivity contribution < 1.29 is 9.90 Å². The van der Waals surface area contributed by atoms with Crippen molar-refractivity contribution in [3.05, 3.63) is 15.9 Å². The van der Waals surface area contributed by atoms with E-state index < -0.39 is 5.97 Å². The summed E-state index contributed by atoms with van der Waals surface area (Å²) >= 11 is 3.57. The largest absolute Gasteiger partial charge is 0.481 e. The number of aromatic nitrogens is 2. The summed E-state index contributed by atoms with van der Waals surface area (Å²) in [5, 5.41) is 13.2. The van der Waals surface area contributed by atoms with Gasteiger partial charge in [-0.15, -0.1) is 0 Å². The molecule has 102 valence electrons. The van der Waals surface area contributed by atoms with E-state index in [0.29, 0.717) is 13.1 Å². The molecule has 1 aromatic rings. The molecule has 1 N–H and O–H groups in total. The van der Waals surface area contributed by atoms with Crippen LogP contribution >= 0.6 is 15.9 Å². The van der Waals surface area contributed by atoms with Gasteiger partial charge in [-0.05, 0) is 28.9 Å². The van der Waals surface area contributed by atoms with Crippen molar-refractivity contribution in [1.82, 2.24) is 14.7 Å². The van der Waals surface area contributed by atoms with Crippen LogP contribution in [0.1, 0.15) is 31.7 Å². The van der Waals surface area contributed by atoms with Gasteiger partial charge in [-0.25, -0.2) is 0 Å². The molecule has 0 aliphatic rings. The fourth-order valence-corrected chi connectivity index (χ4v) is 2.55. The molecule has 0 unspecified atom stereocenters. The molecular weight excluding hydrogens is 298 g/mol. The first-order valence-corrected chi connectivity index (χ1v) is 6.93. The van der Waals surface area contributed by atoms with Crippen LogP contribution in [0.15, 0.2) is 4.47 Å². The van der Waals surface area contributed by atoms with Crippen LogP contribution in [0.2, 0.25) is 0 Å². The van der Waals surface area contributed by atoms with Crippen molar-refractivity contribution in [3.8, 4) is 0 Å². The van der Waals surface area contributed by atoms with Gasteiger partial charge < -0.3 is 5.11 Å². The van der Waals surface area contributed by atoms with E-state index in [-0.39, 0.29) is 6.42 Å². The van der Waals surface area contributed by atoms with Gasteiger partial charge in [0.15, 0.2) is 0 Å². The number of nitrogens with zero attached hydrogens (tertiary/aromatic N) is 3. The molecule has 5 nitrogen and oxygen atoms in total. The second-order valence-electron chi connectivity index (χ2n) is 4.20. The van der Waals surface area contributed by atoms with Crippen LogP contribution in [-0.2, 0) is 24.8 Å². The maximum atomic E-state index is 10.6. The first kappa shape index (κ1) is 15.2. The topological polar surface area (TPSA) is 58.4 Å². The fourth-order valence-electron chi connectivity index (χ4n) is 1.81. The zero-order valence-electron chi connectivity index (χ0n) is 11.1. The van der Waals surface area contributed by atoms with E-state index in [4.69, 9.17) is 5.11 Å². The van der Waals surface area contributed by atoms with Crippen molar-refractivity contribution in [1.29, 1.82) is 0 Å². The van der Waals surface area contributed by atoms with E-state index in [1.807, 2.05) is 18.7 Å². The maximum Gasteiger partial charge on any atom is 0.304 e. The third kappa shape index (κ3) is 3.81.